The number of carbonyl (C=O) groups excluding carboxylic acids is 3. The van der Waals surface area contributed by atoms with Gasteiger partial charge in [-0.15, -0.1) is 0 Å². The topological polar surface area (TPSA) is 234 Å². The third kappa shape index (κ3) is 10.8. The number of alkyl halides is 6. The molecule has 6 rings (SSSR count). The fourth-order valence-corrected chi connectivity index (χ4v) is 7.45. The minimum atomic E-state index is -4.90. The molecule has 2 aliphatic rings. The molecule has 0 bridgehead atoms. The summed E-state index contributed by atoms with van der Waals surface area (Å²) < 4.78 is 113. The minimum absolute atomic E-state index is 0. The molecule has 2 aliphatic heterocycles. The van der Waals surface area contributed by atoms with Crippen LogP contribution in [0.5, 0.6) is 0 Å². The number of aromatic nitrogens is 2. The molecule has 2 amide bonds. The number of amides is 2. The van der Waals surface area contributed by atoms with E-state index in [1.165, 1.54) is 61.8 Å². The van der Waals surface area contributed by atoms with Gasteiger partial charge in [0, 0.05) is 18.5 Å². The molecule has 4 aromatic rings. The summed E-state index contributed by atoms with van der Waals surface area (Å²) in [7, 11) is 2.09. The number of aliphatic hydroxyl groups excluding tert-OH is 1. The van der Waals surface area contributed by atoms with E-state index in [0.717, 1.165) is 60.7 Å². The van der Waals surface area contributed by atoms with Crippen molar-refractivity contribution in [3.05, 3.63) is 106 Å². The van der Waals surface area contributed by atoms with Gasteiger partial charge in [-0.05, 0) is 101 Å². The molecule has 0 aliphatic carbocycles. The van der Waals surface area contributed by atoms with Gasteiger partial charge in [-0.2, -0.15) is 36.9 Å². The Bertz CT molecular complexity index is 2750. The van der Waals surface area contributed by atoms with Crippen molar-refractivity contribution in [3.8, 4) is 12.1 Å². The molecule has 3 N–H and O–H groups in total. The normalized spacial score (nSPS) is 14.9. The average molecular weight is 991 g/mol. The predicted octanol–water partition coefficient (Wildman–Crippen LogP) is 3.98. The number of carboxylic acid groups (broad SMARTS) is 1. The number of hydrogen-bond acceptors (Lipinski definition) is 13. The molecular weight excluding hydrogens is 960 g/mol. The van der Waals surface area contributed by atoms with E-state index in [-0.39, 0.29) is 73.6 Å². The number of methoxy groups -OCH3 is 1. The molecule has 2 aromatic carbocycles. The first-order valence-electron chi connectivity index (χ1n) is 17.8. The number of esters is 1. The van der Waals surface area contributed by atoms with Gasteiger partial charge >= 0.3 is 53.8 Å². The maximum Gasteiger partial charge on any atom is 1.00 e. The second kappa shape index (κ2) is 21.1. The molecule has 0 spiro atoms. The summed E-state index contributed by atoms with van der Waals surface area (Å²) in [6, 6.07) is 10.4. The van der Waals surface area contributed by atoms with Crippen LogP contribution in [-0.2, 0) is 26.7 Å². The SMILES string of the molecule is CC1(C)C(=O)N(c2cnc(C#N)c(C(F)(F)F)c2)C(=S)N1c1ccc(C(=O)O)c(F)c1.CO.COC(=O)c1ccc(N2C(=S)N(c3cnc(C#N)c(C(F)(F)F)c3)C(=O)C2(C)C)cc1F.[Na+].[OH-]. The summed E-state index contributed by atoms with van der Waals surface area (Å²) >= 11 is 10.6. The largest absolute Gasteiger partial charge is 1.00 e. The number of hydrogen-bond donors (Lipinski definition) is 2. The van der Waals surface area contributed by atoms with Crippen LogP contribution in [0.4, 0.5) is 57.9 Å². The van der Waals surface area contributed by atoms with E-state index in [1.807, 2.05) is 0 Å². The van der Waals surface area contributed by atoms with Gasteiger partial charge in [0.15, 0.2) is 21.6 Å². The number of ether oxygens (including phenoxy) is 1. The van der Waals surface area contributed by atoms with Crippen molar-refractivity contribution in [3.63, 3.8) is 0 Å². The Kier molecular flexibility index (Phi) is 17.9. The number of pyridine rings is 2. The van der Waals surface area contributed by atoms with E-state index >= 15 is 0 Å². The van der Waals surface area contributed by atoms with E-state index in [4.69, 9.17) is 45.2 Å². The minimum Gasteiger partial charge on any atom is -0.870 e. The van der Waals surface area contributed by atoms with Gasteiger partial charge in [0.1, 0.15) is 34.9 Å². The van der Waals surface area contributed by atoms with Crippen molar-refractivity contribution in [2.75, 3.05) is 33.8 Å². The number of aromatic carboxylic acids is 1. The Balaban J connectivity index is 0.000000431. The standard InChI is InChI=1S/C20H14F4N4O3S.C19H12F4N4O3S.CH4O.Na.H2O/c1-19(2)17(30)27(11-6-13(20(22,23)24)15(8-25)26-9-11)18(32)28(19)10-4-5-12(14(21)7-10)16(29)31-3;1-18(2)16(30)26(10-5-12(19(21,22)23)14(7-24)25-8-10)17(31)27(18)9-3-4-11(15(28)29)13(20)6-9;1-2;;/h4-7,9H,1-3H3;3-6,8H,1-2H3,(H,28,29);2H,1H3;;1H2/q;;;+1;/p-1. The molecule has 0 atom stereocenters. The summed E-state index contributed by atoms with van der Waals surface area (Å²) in [5, 5.41) is 33.3. The Morgan fingerprint density at radius 2 is 1.03 bits per heavy atom. The second-order valence-electron chi connectivity index (χ2n) is 14.2. The molecule has 27 heteroatoms. The van der Waals surface area contributed by atoms with E-state index in [9.17, 15) is 54.3 Å². The summed E-state index contributed by atoms with van der Waals surface area (Å²) in [6.45, 7) is 5.75. The monoisotopic (exact) mass is 990 g/mol. The number of carbonyl (C=O) groups is 4. The van der Waals surface area contributed by atoms with Crippen LogP contribution in [-0.4, -0.2) is 84.9 Å². The number of nitriles is 2. The van der Waals surface area contributed by atoms with Crippen molar-refractivity contribution in [1.82, 2.24) is 9.97 Å². The average Bonchev–Trinajstić information content (AvgIpc) is 3.53. The zero-order valence-electron chi connectivity index (χ0n) is 35.6. The van der Waals surface area contributed by atoms with Gasteiger partial charge in [-0.3, -0.25) is 19.4 Å². The van der Waals surface area contributed by atoms with Gasteiger partial charge in [0.05, 0.1) is 53.1 Å². The first-order valence-corrected chi connectivity index (χ1v) is 18.6. The number of nitrogens with zero attached hydrogens (tertiary/aromatic N) is 8. The van der Waals surface area contributed by atoms with E-state index < -0.39 is 86.9 Å². The number of carboxylic acids is 1. The molecule has 0 unspecified atom stereocenters. The molecule has 16 nitrogen and oxygen atoms in total. The number of aliphatic hydroxyl groups is 1. The Morgan fingerprint density at radius 3 is 1.31 bits per heavy atom. The zero-order chi connectivity index (χ0) is 49.3. The van der Waals surface area contributed by atoms with Crippen LogP contribution in [0, 0.1) is 34.3 Å². The van der Waals surface area contributed by atoms with Gasteiger partial charge < -0.3 is 30.2 Å². The summed E-state index contributed by atoms with van der Waals surface area (Å²) in [4.78, 5) is 59.9. The summed E-state index contributed by atoms with van der Waals surface area (Å²) in [6.07, 6.45) is -7.95. The third-order valence-electron chi connectivity index (χ3n) is 9.48. The van der Waals surface area contributed by atoms with Gasteiger partial charge in [0.2, 0.25) is 0 Å². The Hall–Kier alpha value is -6.26. The van der Waals surface area contributed by atoms with Crippen molar-refractivity contribution < 1.29 is 104 Å². The van der Waals surface area contributed by atoms with Crippen LogP contribution in [0.25, 0.3) is 0 Å². The number of halogens is 8. The van der Waals surface area contributed by atoms with Crippen LogP contribution >= 0.6 is 24.4 Å². The molecule has 67 heavy (non-hydrogen) atoms. The Morgan fingerprint density at radius 1 is 0.687 bits per heavy atom. The zero-order valence-corrected chi connectivity index (χ0v) is 39.2. The smallest absolute Gasteiger partial charge is 0.870 e. The fraction of sp³-hybridized carbons (Fsp3) is 0.250. The fourth-order valence-electron chi connectivity index (χ4n) is 6.41. The predicted molar refractivity (Wildman–Crippen MR) is 222 cm³/mol. The van der Waals surface area contributed by atoms with E-state index in [2.05, 4.69) is 14.7 Å². The summed E-state index contributed by atoms with van der Waals surface area (Å²) in [5.74, 6) is -5.82. The van der Waals surface area contributed by atoms with Crippen molar-refractivity contribution in [2.24, 2.45) is 0 Å². The quantitative estimate of drug-likeness (QED) is 0.120. The van der Waals surface area contributed by atoms with Crippen LogP contribution in [0.3, 0.4) is 0 Å². The van der Waals surface area contributed by atoms with Crippen LogP contribution in [0.15, 0.2) is 60.9 Å². The first-order chi connectivity index (χ1) is 30.1. The molecule has 2 fully saturated rings. The molecule has 4 heterocycles. The maximum absolute atomic E-state index is 14.5. The van der Waals surface area contributed by atoms with Crippen LogP contribution < -0.4 is 49.2 Å². The molecule has 348 valence electrons. The molecule has 2 saturated heterocycles. The molecule has 0 saturated carbocycles. The van der Waals surface area contributed by atoms with Crippen molar-refractivity contribution in [2.45, 2.75) is 51.1 Å². The van der Waals surface area contributed by atoms with Gasteiger partial charge in [-0.25, -0.2) is 28.3 Å². The first kappa shape index (κ1) is 56.9. The second-order valence-corrected chi connectivity index (χ2v) is 14.9. The molecule has 2 aromatic heterocycles. The van der Waals surface area contributed by atoms with Crippen molar-refractivity contribution in [1.29, 1.82) is 10.5 Å². The van der Waals surface area contributed by atoms with Crippen LogP contribution in [0.1, 0.15) is 70.9 Å². The third-order valence-corrected chi connectivity index (χ3v) is 10.2. The number of anilines is 4. The number of rotatable bonds is 6. The number of benzene rings is 2. The maximum atomic E-state index is 14.5. The molecule has 0 radical (unpaired) electrons. The van der Waals surface area contributed by atoms with Gasteiger partial charge in [0.25, 0.3) is 11.8 Å². The number of thiocarbonyl (C=S) groups is 2. The Labute approximate surface area is 407 Å². The van der Waals surface area contributed by atoms with Crippen LogP contribution in [0.2, 0.25) is 0 Å². The molecular formula is C40H31F8N8NaO8S2. The summed E-state index contributed by atoms with van der Waals surface area (Å²) in [5.41, 5.74) is -8.66. The van der Waals surface area contributed by atoms with Crippen molar-refractivity contribution >= 4 is 81.2 Å². The van der Waals surface area contributed by atoms with E-state index in [0.29, 0.717) is 12.1 Å². The van der Waals surface area contributed by atoms with E-state index in [1.54, 1.807) is 0 Å². The van der Waals surface area contributed by atoms with Gasteiger partial charge in [-0.1, -0.05) is 0 Å².